The number of benzene rings is 1. The molecular weight excluding hydrogens is 476 g/mol. The molecule has 1 atom stereocenters. The van der Waals surface area contributed by atoms with Crippen LogP contribution in [0.2, 0.25) is 0 Å². The van der Waals surface area contributed by atoms with E-state index in [2.05, 4.69) is 20.1 Å². The first kappa shape index (κ1) is 23.7. The third-order valence-electron chi connectivity index (χ3n) is 6.03. The fraction of sp³-hybridized carbons (Fsp3) is 0.280. The van der Waals surface area contributed by atoms with E-state index in [1.54, 1.807) is 33.8 Å². The van der Waals surface area contributed by atoms with Gasteiger partial charge in [-0.15, -0.1) is 0 Å². The van der Waals surface area contributed by atoms with Gasteiger partial charge < -0.3 is 9.30 Å². The summed E-state index contributed by atoms with van der Waals surface area (Å²) in [6.45, 7) is 2.40. The van der Waals surface area contributed by atoms with Gasteiger partial charge >= 0.3 is 6.18 Å². The maximum Gasteiger partial charge on any atom is 0.416 e. The molecule has 0 unspecified atom stereocenters. The molecule has 0 aliphatic carbocycles. The first-order valence-corrected chi connectivity index (χ1v) is 11.3. The smallest absolute Gasteiger partial charge is 0.416 e. The van der Waals surface area contributed by atoms with Crippen molar-refractivity contribution in [3.8, 4) is 11.6 Å². The summed E-state index contributed by atoms with van der Waals surface area (Å²) in [7, 11) is 1.52. The van der Waals surface area contributed by atoms with E-state index >= 15 is 0 Å². The summed E-state index contributed by atoms with van der Waals surface area (Å²) in [5.74, 6) is -0.316. The van der Waals surface area contributed by atoms with E-state index in [1.165, 1.54) is 7.11 Å². The number of hydrogen-bond donors (Lipinski definition) is 0. The van der Waals surface area contributed by atoms with Crippen molar-refractivity contribution in [1.82, 2.24) is 29.3 Å². The minimum atomic E-state index is -4.60. The Bertz CT molecular complexity index is 1440. The number of ether oxygens (including phenoxy) is 1. The van der Waals surface area contributed by atoms with Gasteiger partial charge in [-0.05, 0) is 67.8 Å². The Morgan fingerprint density at radius 2 is 1.94 bits per heavy atom. The molecule has 0 fully saturated rings. The van der Waals surface area contributed by atoms with Crippen molar-refractivity contribution >= 4 is 12.2 Å². The van der Waals surface area contributed by atoms with Gasteiger partial charge in [0.25, 0.3) is 0 Å². The Morgan fingerprint density at radius 3 is 2.67 bits per heavy atom. The standard InChI is InChI=1S/C25H22F4N6O/c1-15-13-34(14-30-15)21-9-6-17(31-24(21)36-2)7-10-22-32-23-18(4-3-11-35(23)33-22)19-12-16(26)5-8-20(19)25(27,28)29/h5-10,12-14,18H,3-4,11H2,1-2H3/b10-7+/t18-/m1/s1. The second kappa shape index (κ2) is 9.21. The average Bonchev–Trinajstić information content (AvgIpc) is 3.47. The maximum absolute atomic E-state index is 13.9. The third kappa shape index (κ3) is 4.60. The Hall–Kier alpha value is -4.02. The van der Waals surface area contributed by atoms with E-state index in [4.69, 9.17) is 4.74 Å². The van der Waals surface area contributed by atoms with E-state index in [-0.39, 0.29) is 5.56 Å². The van der Waals surface area contributed by atoms with Crippen LogP contribution >= 0.6 is 0 Å². The van der Waals surface area contributed by atoms with Crippen molar-refractivity contribution in [2.75, 3.05) is 7.11 Å². The second-order valence-electron chi connectivity index (χ2n) is 8.50. The predicted molar refractivity (Wildman–Crippen MR) is 124 cm³/mol. The number of hydrogen-bond acceptors (Lipinski definition) is 5. The fourth-order valence-corrected chi connectivity index (χ4v) is 4.41. The van der Waals surface area contributed by atoms with Crippen molar-refractivity contribution < 1.29 is 22.3 Å². The molecule has 1 aliphatic rings. The molecule has 1 aromatic carbocycles. The molecule has 3 aromatic heterocycles. The molecule has 4 heterocycles. The van der Waals surface area contributed by atoms with Gasteiger partial charge in [0, 0.05) is 18.7 Å². The summed E-state index contributed by atoms with van der Waals surface area (Å²) in [5.41, 5.74) is 1.19. The Labute approximate surface area is 204 Å². The van der Waals surface area contributed by atoms with Crippen LogP contribution in [0.4, 0.5) is 17.6 Å². The summed E-state index contributed by atoms with van der Waals surface area (Å²) in [6, 6.07) is 6.21. The lowest BCUT2D eigenvalue weighted by atomic mass is 9.87. The third-order valence-corrected chi connectivity index (χ3v) is 6.03. The molecule has 5 rings (SSSR count). The first-order valence-electron chi connectivity index (χ1n) is 11.3. The van der Waals surface area contributed by atoms with E-state index < -0.39 is 23.5 Å². The zero-order valence-electron chi connectivity index (χ0n) is 19.5. The highest BCUT2D eigenvalue weighted by Crippen LogP contribution is 2.40. The van der Waals surface area contributed by atoms with Crippen LogP contribution < -0.4 is 4.74 Å². The molecule has 0 saturated heterocycles. The van der Waals surface area contributed by atoms with Crippen LogP contribution in [0.15, 0.2) is 42.9 Å². The van der Waals surface area contributed by atoms with Crippen molar-refractivity contribution in [3.05, 3.63) is 82.8 Å². The van der Waals surface area contributed by atoms with Gasteiger partial charge in [0.2, 0.25) is 5.88 Å². The molecule has 4 aromatic rings. The largest absolute Gasteiger partial charge is 0.479 e. The number of pyridine rings is 1. The summed E-state index contributed by atoms with van der Waals surface area (Å²) in [5, 5.41) is 4.44. The molecule has 36 heavy (non-hydrogen) atoms. The number of aromatic nitrogens is 6. The van der Waals surface area contributed by atoms with Crippen molar-refractivity contribution in [2.45, 2.75) is 38.4 Å². The number of nitrogens with zero attached hydrogens (tertiary/aromatic N) is 6. The molecule has 7 nitrogen and oxygen atoms in total. The van der Waals surface area contributed by atoms with Gasteiger partial charge in [-0.1, -0.05) is 0 Å². The Morgan fingerprint density at radius 1 is 1.11 bits per heavy atom. The normalized spacial score (nSPS) is 15.9. The number of rotatable bonds is 5. The fourth-order valence-electron chi connectivity index (χ4n) is 4.41. The zero-order chi connectivity index (χ0) is 25.4. The van der Waals surface area contributed by atoms with Gasteiger partial charge in [-0.2, -0.15) is 18.3 Å². The highest BCUT2D eigenvalue weighted by molar-refractivity contribution is 5.65. The maximum atomic E-state index is 13.9. The second-order valence-corrected chi connectivity index (χ2v) is 8.50. The van der Waals surface area contributed by atoms with E-state index in [0.717, 1.165) is 29.6 Å². The van der Waals surface area contributed by atoms with Gasteiger partial charge in [0.1, 0.15) is 17.3 Å². The quantitative estimate of drug-likeness (QED) is 0.343. The molecule has 0 amide bonds. The number of fused-ring (bicyclic) bond motifs is 1. The molecular formula is C25H22F4N6O. The minimum absolute atomic E-state index is 0.122. The molecule has 0 saturated carbocycles. The van der Waals surface area contributed by atoms with Crippen LogP contribution in [0.1, 0.15) is 52.9 Å². The van der Waals surface area contributed by atoms with Gasteiger partial charge in [-0.3, -0.25) is 0 Å². The van der Waals surface area contributed by atoms with Crippen LogP contribution in [0, 0.1) is 12.7 Å². The highest BCUT2D eigenvalue weighted by Gasteiger charge is 2.37. The number of methoxy groups -OCH3 is 1. The molecule has 0 bridgehead atoms. The molecule has 0 radical (unpaired) electrons. The van der Waals surface area contributed by atoms with Gasteiger partial charge in [-0.25, -0.2) is 24.0 Å². The molecule has 186 valence electrons. The van der Waals surface area contributed by atoms with E-state index in [1.807, 2.05) is 19.2 Å². The summed E-state index contributed by atoms with van der Waals surface area (Å²) >= 11 is 0. The van der Waals surface area contributed by atoms with Crippen LogP contribution in [0.3, 0.4) is 0 Å². The first-order chi connectivity index (χ1) is 17.2. The van der Waals surface area contributed by atoms with Crippen molar-refractivity contribution in [2.24, 2.45) is 0 Å². The Kier molecular flexibility index (Phi) is 6.07. The van der Waals surface area contributed by atoms with E-state index in [9.17, 15) is 17.6 Å². The highest BCUT2D eigenvalue weighted by atomic mass is 19.4. The Balaban J connectivity index is 1.45. The van der Waals surface area contributed by atoms with Crippen LogP contribution in [-0.4, -0.2) is 36.4 Å². The minimum Gasteiger partial charge on any atom is -0.479 e. The summed E-state index contributed by atoms with van der Waals surface area (Å²) in [4.78, 5) is 13.2. The molecule has 1 aliphatic heterocycles. The lowest BCUT2D eigenvalue weighted by molar-refractivity contribution is -0.138. The lowest BCUT2D eigenvalue weighted by Crippen LogP contribution is -2.21. The van der Waals surface area contributed by atoms with E-state index in [0.29, 0.717) is 42.6 Å². The number of imidazole rings is 1. The van der Waals surface area contributed by atoms with Crippen LogP contribution in [0.5, 0.6) is 5.88 Å². The summed E-state index contributed by atoms with van der Waals surface area (Å²) < 4.78 is 63.6. The molecule has 0 spiro atoms. The number of alkyl halides is 3. The topological polar surface area (TPSA) is 70.7 Å². The lowest BCUT2D eigenvalue weighted by Gasteiger charge is -2.25. The monoisotopic (exact) mass is 498 g/mol. The van der Waals surface area contributed by atoms with Crippen LogP contribution in [-0.2, 0) is 12.7 Å². The number of halogens is 4. The van der Waals surface area contributed by atoms with Crippen molar-refractivity contribution in [1.29, 1.82) is 0 Å². The van der Waals surface area contributed by atoms with Gasteiger partial charge in [0.05, 0.1) is 30.4 Å². The molecule has 11 heteroatoms. The SMILES string of the molecule is COc1nc(/C=C/c2nc3n(n2)CCC[C@@H]3c2cc(F)ccc2C(F)(F)F)ccc1-n1cnc(C)c1. The van der Waals surface area contributed by atoms with Crippen LogP contribution in [0.25, 0.3) is 17.8 Å². The van der Waals surface area contributed by atoms with Crippen molar-refractivity contribution in [3.63, 3.8) is 0 Å². The predicted octanol–water partition coefficient (Wildman–Crippen LogP) is 5.43. The molecule has 0 N–H and O–H groups in total. The zero-order valence-corrected chi connectivity index (χ0v) is 19.5. The van der Waals surface area contributed by atoms with Gasteiger partial charge in [0.15, 0.2) is 5.82 Å². The average molecular weight is 498 g/mol. The summed E-state index contributed by atoms with van der Waals surface area (Å²) in [6.07, 6.45) is 3.29. The number of aryl methyl sites for hydroxylation is 2.